The summed E-state index contributed by atoms with van der Waals surface area (Å²) < 4.78 is 7.11. The number of nitrogens with one attached hydrogen (secondary N) is 2. The lowest BCUT2D eigenvalue weighted by atomic mass is 10.1. The van der Waals surface area contributed by atoms with Gasteiger partial charge in [-0.1, -0.05) is 0 Å². The molecule has 0 aliphatic carbocycles. The molecule has 0 aromatic carbocycles. The van der Waals surface area contributed by atoms with Crippen molar-refractivity contribution in [2.45, 2.75) is 32.4 Å². The van der Waals surface area contributed by atoms with Crippen molar-refractivity contribution in [2.24, 2.45) is 7.05 Å². The molecular weight excluding hydrogens is 244 g/mol. The predicted molar refractivity (Wildman–Crippen MR) is 71.7 cm³/mol. The molecule has 1 amide bonds. The number of morpholine rings is 1. The number of aromatic nitrogens is 2. The van der Waals surface area contributed by atoms with E-state index in [1.165, 1.54) is 0 Å². The van der Waals surface area contributed by atoms with Gasteiger partial charge in [0.05, 0.1) is 24.9 Å². The molecule has 1 aromatic rings. The Kier molecular flexibility index (Phi) is 4.55. The lowest BCUT2D eigenvalue weighted by Gasteiger charge is -2.24. The van der Waals surface area contributed by atoms with Crippen LogP contribution >= 0.6 is 0 Å². The lowest BCUT2D eigenvalue weighted by Crippen LogP contribution is -2.44. The Balaban J connectivity index is 1.86. The summed E-state index contributed by atoms with van der Waals surface area (Å²) in [5.41, 5.74) is 2.01. The molecule has 2 atom stereocenters. The Morgan fingerprint density at radius 1 is 1.74 bits per heavy atom. The van der Waals surface area contributed by atoms with Gasteiger partial charge in [0, 0.05) is 37.8 Å². The Morgan fingerprint density at radius 2 is 2.53 bits per heavy atom. The molecule has 2 heterocycles. The number of carbonyl (C=O) groups excluding carboxylic acids is 1. The average Bonchev–Trinajstić information content (AvgIpc) is 2.69. The van der Waals surface area contributed by atoms with Crippen molar-refractivity contribution in [1.82, 2.24) is 20.4 Å². The summed E-state index contributed by atoms with van der Waals surface area (Å²) >= 11 is 0. The molecule has 2 rings (SSSR count). The molecule has 19 heavy (non-hydrogen) atoms. The first kappa shape index (κ1) is 14.0. The molecule has 0 radical (unpaired) electrons. The molecule has 1 aliphatic heterocycles. The van der Waals surface area contributed by atoms with Crippen LogP contribution in [0.2, 0.25) is 0 Å². The maximum Gasteiger partial charge on any atom is 0.222 e. The summed E-state index contributed by atoms with van der Waals surface area (Å²) in [6.45, 7) is 6.08. The minimum Gasteiger partial charge on any atom is -0.378 e. The van der Waals surface area contributed by atoms with Gasteiger partial charge in [0.2, 0.25) is 5.91 Å². The number of amides is 1. The molecule has 6 heteroatoms. The highest BCUT2D eigenvalue weighted by Crippen LogP contribution is 2.15. The highest BCUT2D eigenvalue weighted by molar-refractivity contribution is 5.77. The highest BCUT2D eigenvalue weighted by atomic mass is 16.5. The number of hydrogen-bond donors (Lipinski definition) is 2. The Hall–Kier alpha value is -1.40. The number of aryl methyl sites for hydroxylation is 2. The fourth-order valence-corrected chi connectivity index (χ4v) is 2.40. The van der Waals surface area contributed by atoms with Crippen molar-refractivity contribution in [1.29, 1.82) is 0 Å². The quantitative estimate of drug-likeness (QED) is 0.821. The maximum atomic E-state index is 12.0. The summed E-state index contributed by atoms with van der Waals surface area (Å²) in [4.78, 5) is 12.0. The Morgan fingerprint density at radius 3 is 3.11 bits per heavy atom. The monoisotopic (exact) mass is 266 g/mol. The lowest BCUT2D eigenvalue weighted by molar-refractivity contribution is -0.122. The fourth-order valence-electron chi connectivity index (χ4n) is 2.40. The largest absolute Gasteiger partial charge is 0.378 e. The summed E-state index contributed by atoms with van der Waals surface area (Å²) in [6, 6.07) is 0.0988. The molecule has 6 nitrogen and oxygen atoms in total. The van der Waals surface area contributed by atoms with E-state index in [-0.39, 0.29) is 18.0 Å². The van der Waals surface area contributed by atoms with E-state index in [2.05, 4.69) is 15.7 Å². The molecule has 1 aliphatic rings. The predicted octanol–water partition coefficient (Wildman–Crippen LogP) is 0.284. The first-order valence-electron chi connectivity index (χ1n) is 6.67. The van der Waals surface area contributed by atoms with Gasteiger partial charge in [-0.3, -0.25) is 9.48 Å². The van der Waals surface area contributed by atoms with Crippen LogP contribution in [0.3, 0.4) is 0 Å². The van der Waals surface area contributed by atoms with Gasteiger partial charge in [0.15, 0.2) is 0 Å². The second-order valence-corrected chi connectivity index (χ2v) is 5.06. The van der Waals surface area contributed by atoms with Gasteiger partial charge in [-0.15, -0.1) is 0 Å². The normalized spacial score (nSPS) is 21.1. The van der Waals surface area contributed by atoms with Gasteiger partial charge in [-0.2, -0.15) is 5.10 Å². The maximum absolute atomic E-state index is 12.0. The van der Waals surface area contributed by atoms with Crippen LogP contribution < -0.4 is 10.6 Å². The standard InChI is InChI=1S/C13H22N4O2/c1-9(12-7-17(3)16-10(12)2)15-13(18)6-11-8-19-5-4-14-11/h7,9,11,14H,4-6,8H2,1-3H3,(H,15,18). The van der Waals surface area contributed by atoms with Crippen molar-refractivity contribution < 1.29 is 9.53 Å². The summed E-state index contributed by atoms with van der Waals surface area (Å²) in [6.07, 6.45) is 2.39. The van der Waals surface area contributed by atoms with Crippen molar-refractivity contribution in [3.63, 3.8) is 0 Å². The summed E-state index contributed by atoms with van der Waals surface area (Å²) in [5.74, 6) is 0.0405. The second kappa shape index (κ2) is 6.16. The van der Waals surface area contributed by atoms with E-state index in [1.54, 1.807) is 4.68 Å². The van der Waals surface area contributed by atoms with Crippen LogP contribution in [-0.2, 0) is 16.6 Å². The van der Waals surface area contributed by atoms with Crippen LogP contribution in [-0.4, -0.2) is 41.5 Å². The fraction of sp³-hybridized carbons (Fsp3) is 0.692. The van der Waals surface area contributed by atoms with Crippen molar-refractivity contribution in [3.05, 3.63) is 17.5 Å². The van der Waals surface area contributed by atoms with Gasteiger partial charge >= 0.3 is 0 Å². The number of hydrogen-bond acceptors (Lipinski definition) is 4. The zero-order valence-electron chi connectivity index (χ0n) is 11.8. The minimum absolute atomic E-state index is 0.0225. The first-order valence-corrected chi connectivity index (χ1v) is 6.67. The third-order valence-corrected chi connectivity index (χ3v) is 3.33. The van der Waals surface area contributed by atoms with Crippen LogP contribution in [0.25, 0.3) is 0 Å². The number of carbonyl (C=O) groups is 1. The van der Waals surface area contributed by atoms with Crippen molar-refractivity contribution >= 4 is 5.91 Å². The van der Waals surface area contributed by atoms with E-state index in [9.17, 15) is 4.79 Å². The van der Waals surface area contributed by atoms with Gasteiger partial charge < -0.3 is 15.4 Å². The highest BCUT2D eigenvalue weighted by Gasteiger charge is 2.19. The number of nitrogens with zero attached hydrogens (tertiary/aromatic N) is 2. The van der Waals surface area contributed by atoms with Crippen LogP contribution in [0.1, 0.15) is 30.6 Å². The molecule has 0 saturated carbocycles. The molecule has 1 aromatic heterocycles. The SMILES string of the molecule is Cc1nn(C)cc1C(C)NC(=O)CC1COCCN1. The van der Waals surface area contributed by atoms with E-state index in [1.807, 2.05) is 27.1 Å². The van der Waals surface area contributed by atoms with Crippen LogP contribution in [0.4, 0.5) is 0 Å². The molecule has 1 saturated heterocycles. The summed E-state index contributed by atoms with van der Waals surface area (Å²) in [5, 5.41) is 10.6. The zero-order chi connectivity index (χ0) is 13.8. The first-order chi connectivity index (χ1) is 9.06. The smallest absolute Gasteiger partial charge is 0.222 e. The molecule has 0 spiro atoms. The van der Waals surface area contributed by atoms with Crippen LogP contribution in [0.5, 0.6) is 0 Å². The van der Waals surface area contributed by atoms with Gasteiger partial charge in [0.1, 0.15) is 0 Å². The average molecular weight is 266 g/mol. The molecule has 2 unspecified atom stereocenters. The zero-order valence-corrected chi connectivity index (χ0v) is 11.8. The van der Waals surface area contributed by atoms with E-state index in [0.717, 1.165) is 24.4 Å². The van der Waals surface area contributed by atoms with E-state index >= 15 is 0 Å². The van der Waals surface area contributed by atoms with Crippen LogP contribution in [0.15, 0.2) is 6.20 Å². The van der Waals surface area contributed by atoms with E-state index in [0.29, 0.717) is 13.0 Å². The third-order valence-electron chi connectivity index (χ3n) is 3.33. The van der Waals surface area contributed by atoms with Crippen molar-refractivity contribution in [3.8, 4) is 0 Å². The Bertz CT molecular complexity index is 438. The number of rotatable bonds is 4. The van der Waals surface area contributed by atoms with Gasteiger partial charge in [0.25, 0.3) is 0 Å². The Labute approximate surface area is 113 Å². The molecule has 1 fully saturated rings. The van der Waals surface area contributed by atoms with E-state index in [4.69, 9.17) is 4.74 Å². The van der Waals surface area contributed by atoms with Gasteiger partial charge in [-0.25, -0.2) is 0 Å². The molecule has 2 N–H and O–H groups in total. The second-order valence-electron chi connectivity index (χ2n) is 5.06. The third kappa shape index (κ3) is 3.78. The molecule has 106 valence electrons. The van der Waals surface area contributed by atoms with E-state index < -0.39 is 0 Å². The molecule has 0 bridgehead atoms. The van der Waals surface area contributed by atoms with Crippen LogP contribution in [0, 0.1) is 6.92 Å². The molecular formula is C13H22N4O2. The van der Waals surface area contributed by atoms with Gasteiger partial charge in [-0.05, 0) is 13.8 Å². The number of ether oxygens (including phenoxy) is 1. The topological polar surface area (TPSA) is 68.2 Å². The minimum atomic E-state index is -0.0225. The summed E-state index contributed by atoms with van der Waals surface area (Å²) in [7, 11) is 1.88. The van der Waals surface area contributed by atoms with Crippen molar-refractivity contribution in [2.75, 3.05) is 19.8 Å².